The van der Waals surface area contributed by atoms with E-state index in [1.54, 1.807) is 0 Å². The van der Waals surface area contributed by atoms with Crippen LogP contribution in [0.5, 0.6) is 0 Å². The van der Waals surface area contributed by atoms with Gasteiger partial charge >= 0.3 is 0 Å². The van der Waals surface area contributed by atoms with E-state index in [1.807, 2.05) is 0 Å². The number of rotatable bonds is 5. The summed E-state index contributed by atoms with van der Waals surface area (Å²) in [6.07, 6.45) is 4.50. The monoisotopic (exact) mass is 432 g/mol. The van der Waals surface area contributed by atoms with Gasteiger partial charge in [-0.25, -0.2) is 18.6 Å². The van der Waals surface area contributed by atoms with Gasteiger partial charge in [-0.1, -0.05) is 30.3 Å². The first-order valence-corrected chi connectivity index (χ1v) is 11.1. The lowest BCUT2D eigenvalue weighted by molar-refractivity contribution is -2.00. The zero-order chi connectivity index (χ0) is 22.5. The molecule has 0 atom stereocenters. The maximum Gasteiger partial charge on any atom is 0.209 e. The molecule has 30 heavy (non-hydrogen) atoms. The second-order valence-corrected chi connectivity index (χ2v) is 8.32. The first-order chi connectivity index (χ1) is 14.0. The highest BCUT2D eigenvalue weighted by atomic mass is 35.7. The van der Waals surface area contributed by atoms with Crippen LogP contribution in [0, 0.1) is 10.2 Å². The molecule has 0 saturated heterocycles. The first kappa shape index (κ1) is 24.1. The molecule has 0 unspecified atom stereocenters. The van der Waals surface area contributed by atoms with E-state index >= 15 is 0 Å². The smallest absolute Gasteiger partial charge is 0.209 e. The van der Waals surface area contributed by atoms with Crippen molar-refractivity contribution in [2.75, 3.05) is 25.0 Å². The summed E-state index contributed by atoms with van der Waals surface area (Å²) in [4.78, 5) is 2.37. The fraction of sp³-hybridized carbons (Fsp3) is 0.348. The molecule has 0 spiro atoms. The van der Waals surface area contributed by atoms with Crippen molar-refractivity contribution in [1.82, 2.24) is 0 Å². The minimum Gasteiger partial charge on any atom is -0.372 e. The summed E-state index contributed by atoms with van der Waals surface area (Å²) < 4.78 is 36.3. The Labute approximate surface area is 180 Å². The molecule has 0 saturated carbocycles. The third-order valence-corrected chi connectivity index (χ3v) is 5.40. The molecule has 3 rings (SSSR count). The molecule has 1 aliphatic rings. The first-order valence-electron chi connectivity index (χ1n) is 9.84. The van der Waals surface area contributed by atoms with E-state index in [0.29, 0.717) is 0 Å². The van der Waals surface area contributed by atoms with Crippen LogP contribution in [0.4, 0.5) is 11.4 Å². The highest BCUT2D eigenvalue weighted by Crippen LogP contribution is 2.39. The van der Waals surface area contributed by atoms with Gasteiger partial charge in [0.05, 0.1) is 5.41 Å². The van der Waals surface area contributed by atoms with E-state index in [4.69, 9.17) is 18.6 Å². The minimum absolute atomic E-state index is 0.0308. The molecule has 0 fully saturated rings. The second-order valence-electron chi connectivity index (χ2n) is 7.56. The van der Waals surface area contributed by atoms with Crippen LogP contribution in [-0.4, -0.2) is 30.4 Å². The molecule has 0 N–H and O–H groups in total. The summed E-state index contributed by atoms with van der Waals surface area (Å²) in [6.45, 7) is 11.1. The zero-order valence-electron chi connectivity index (χ0n) is 18.1. The van der Waals surface area contributed by atoms with Gasteiger partial charge in [0.25, 0.3) is 0 Å². The van der Waals surface area contributed by atoms with Crippen LogP contribution in [0.3, 0.4) is 0 Å². The number of benzene rings is 2. The number of nitrogens with zero attached hydrogens (tertiary/aromatic N) is 2. The molecule has 6 nitrogen and oxygen atoms in total. The van der Waals surface area contributed by atoms with Gasteiger partial charge in [-0.15, -0.1) is 10.2 Å². The number of hydrogen-bond donors (Lipinski definition) is 0. The fourth-order valence-electron chi connectivity index (χ4n) is 3.86. The molecule has 7 heteroatoms. The summed E-state index contributed by atoms with van der Waals surface area (Å²) in [7, 11) is -2.78. The Balaban J connectivity index is 0.000000575. The highest BCUT2D eigenvalue weighted by Gasteiger charge is 2.42. The van der Waals surface area contributed by atoms with Crippen molar-refractivity contribution in [3.8, 4) is 0 Å². The molecule has 1 aliphatic heterocycles. The van der Waals surface area contributed by atoms with Crippen LogP contribution in [0.2, 0.25) is 0 Å². The average molecular weight is 433 g/mol. The van der Waals surface area contributed by atoms with Gasteiger partial charge in [0.15, 0.2) is 5.71 Å². The number of anilines is 1. The molecule has 0 radical (unpaired) electrons. The Morgan fingerprint density at radius 2 is 1.43 bits per heavy atom. The van der Waals surface area contributed by atoms with Gasteiger partial charge in [-0.2, -0.15) is 4.58 Å². The predicted octanol–water partition coefficient (Wildman–Crippen LogP) is 0.496. The molecule has 1 heterocycles. The standard InChI is InChI=1S/C23H29N2.ClHO4/c1-6-25(7-2)19-15-12-18(13-16-19)14-17-22-23(3,4)20-10-8-9-11-21(20)24(22)5;2-1(3,4)5/h8-17H,6-7H2,1-5H3;(H,2,3,4,5)/q+1;/p-1. The summed E-state index contributed by atoms with van der Waals surface area (Å²) in [5, 5.41) is 0. The SMILES string of the molecule is CCN(CC)c1ccc(/C=C/C2=[N+](C)c3ccccc3C2(C)C)cc1.[O-][Cl+3]([O-])([O-])[O-]. The molecule has 2 aromatic carbocycles. The average Bonchev–Trinajstić information content (AvgIpc) is 2.87. The quantitative estimate of drug-likeness (QED) is 0.640. The molecule has 2 aromatic rings. The Hall–Kier alpha value is -2.22. The molecule has 162 valence electrons. The minimum atomic E-state index is -4.94. The predicted molar refractivity (Wildman–Crippen MR) is 109 cm³/mol. The Kier molecular flexibility index (Phi) is 7.80. The topological polar surface area (TPSA) is 98.5 Å². The van der Waals surface area contributed by atoms with E-state index in [9.17, 15) is 0 Å². The molecular weight excluding hydrogens is 404 g/mol. The van der Waals surface area contributed by atoms with Gasteiger partial charge in [-0.3, -0.25) is 0 Å². The van der Waals surface area contributed by atoms with Crippen molar-refractivity contribution in [2.24, 2.45) is 0 Å². The molecule has 0 aliphatic carbocycles. The number of fused-ring (bicyclic) bond motifs is 1. The summed E-state index contributed by atoms with van der Waals surface area (Å²) in [5.74, 6) is 0. The molecule has 0 aromatic heterocycles. The third kappa shape index (κ3) is 5.90. The van der Waals surface area contributed by atoms with Crippen molar-refractivity contribution in [2.45, 2.75) is 33.1 Å². The molecule has 0 amide bonds. The van der Waals surface area contributed by atoms with Crippen molar-refractivity contribution >= 4 is 23.2 Å². The number of halogens is 1. The zero-order valence-corrected chi connectivity index (χ0v) is 18.8. The van der Waals surface area contributed by atoms with Gasteiger partial charge < -0.3 is 4.90 Å². The van der Waals surface area contributed by atoms with Gasteiger partial charge in [0, 0.05) is 36.5 Å². The molecular formula is C23H29ClN2O4. The Morgan fingerprint density at radius 1 is 0.900 bits per heavy atom. The van der Waals surface area contributed by atoms with Crippen molar-refractivity contribution < 1.29 is 33.5 Å². The van der Waals surface area contributed by atoms with Gasteiger partial charge in [0.2, 0.25) is 5.69 Å². The third-order valence-electron chi connectivity index (χ3n) is 5.40. The Morgan fingerprint density at radius 3 is 1.93 bits per heavy atom. The number of allylic oxidation sites excluding steroid dienone is 1. The van der Waals surface area contributed by atoms with E-state index in [1.165, 1.54) is 28.2 Å². The van der Waals surface area contributed by atoms with Crippen LogP contribution < -0.4 is 23.5 Å². The van der Waals surface area contributed by atoms with Crippen molar-refractivity contribution in [3.05, 3.63) is 65.7 Å². The fourth-order valence-corrected chi connectivity index (χ4v) is 3.86. The van der Waals surface area contributed by atoms with Crippen LogP contribution in [0.1, 0.15) is 38.8 Å². The lowest BCUT2D eigenvalue weighted by Crippen LogP contribution is -2.68. The Bertz CT molecular complexity index is 906. The second kappa shape index (κ2) is 9.73. The highest BCUT2D eigenvalue weighted by molar-refractivity contribution is 6.05. The van der Waals surface area contributed by atoms with E-state index in [-0.39, 0.29) is 5.41 Å². The summed E-state index contributed by atoms with van der Waals surface area (Å²) in [5.41, 5.74) is 6.60. The number of para-hydroxylation sites is 1. The van der Waals surface area contributed by atoms with Crippen molar-refractivity contribution in [1.29, 1.82) is 0 Å². The van der Waals surface area contributed by atoms with E-state index < -0.39 is 10.2 Å². The lowest BCUT2D eigenvalue weighted by Gasteiger charge is -2.20. The van der Waals surface area contributed by atoms with Crippen molar-refractivity contribution in [3.63, 3.8) is 0 Å². The normalized spacial score (nSPS) is 15.1. The van der Waals surface area contributed by atoms with Crippen LogP contribution in [0.25, 0.3) is 6.08 Å². The lowest BCUT2D eigenvalue weighted by atomic mass is 9.81. The van der Waals surface area contributed by atoms with Crippen LogP contribution >= 0.6 is 0 Å². The van der Waals surface area contributed by atoms with Crippen LogP contribution in [0.15, 0.2) is 54.6 Å². The maximum absolute atomic E-state index is 8.49. The van der Waals surface area contributed by atoms with Gasteiger partial charge in [0.1, 0.15) is 7.05 Å². The van der Waals surface area contributed by atoms with E-state index in [2.05, 4.69) is 105 Å². The molecule has 0 bridgehead atoms. The number of hydrogen-bond acceptors (Lipinski definition) is 5. The van der Waals surface area contributed by atoms with E-state index in [0.717, 1.165) is 13.1 Å². The van der Waals surface area contributed by atoms with Gasteiger partial charge in [-0.05, 0) is 51.5 Å². The maximum atomic E-state index is 8.49. The summed E-state index contributed by atoms with van der Waals surface area (Å²) >= 11 is 0. The largest absolute Gasteiger partial charge is 0.372 e. The summed E-state index contributed by atoms with van der Waals surface area (Å²) in [6, 6.07) is 17.5. The van der Waals surface area contributed by atoms with Crippen LogP contribution in [-0.2, 0) is 5.41 Å².